The molecule has 1 aliphatic heterocycles. The van der Waals surface area contributed by atoms with Crippen molar-refractivity contribution < 1.29 is 31.9 Å². The molecule has 7 rings (SSSR count). The largest absolute Gasteiger partial charge is 0.477 e. The number of hydrogen-bond acceptors (Lipinski definition) is 5. The Labute approximate surface area is 296 Å². The molecule has 0 aromatic heterocycles. The Balaban J connectivity index is 1.06. The monoisotopic (exact) mass is 714 g/mol. The van der Waals surface area contributed by atoms with Gasteiger partial charge in [-0.25, -0.2) is 22.0 Å². The Morgan fingerprint density at radius 3 is 2.28 bits per heavy atom. The Morgan fingerprint density at radius 2 is 1.60 bits per heavy atom. The molecule has 1 saturated heterocycles. The molecule has 8 atom stereocenters. The van der Waals surface area contributed by atoms with Gasteiger partial charge in [0.15, 0.2) is 9.84 Å². The average molecular weight is 715 g/mol. The van der Waals surface area contributed by atoms with Crippen molar-refractivity contribution in [1.82, 2.24) is 10.2 Å². The molecule has 0 radical (unpaired) electrons. The molecular weight excluding hydrogens is 659 g/mol. The number of aromatic carboxylic acids is 1. The summed E-state index contributed by atoms with van der Waals surface area (Å²) in [6, 6.07) is 2.41. The van der Waals surface area contributed by atoms with Crippen LogP contribution in [0, 0.1) is 62.9 Å². The van der Waals surface area contributed by atoms with Crippen LogP contribution in [0.5, 0.6) is 0 Å². The fourth-order valence-corrected chi connectivity index (χ4v) is 14.6. The quantitative estimate of drug-likeness (QED) is 0.286. The smallest absolute Gasteiger partial charge is 0.341 e. The predicted molar refractivity (Wildman–Crippen MR) is 190 cm³/mol. The number of benzene rings is 1. The van der Waals surface area contributed by atoms with Crippen LogP contribution in [-0.4, -0.2) is 68.0 Å². The number of rotatable bonds is 7. The van der Waals surface area contributed by atoms with E-state index in [1.807, 2.05) is 0 Å². The van der Waals surface area contributed by atoms with Crippen molar-refractivity contribution in [3.05, 3.63) is 41.0 Å². The maximum Gasteiger partial charge on any atom is 0.341 e. The summed E-state index contributed by atoms with van der Waals surface area (Å²) in [6.45, 7) is 12.0. The van der Waals surface area contributed by atoms with Crippen LogP contribution < -0.4 is 5.32 Å². The van der Waals surface area contributed by atoms with E-state index in [0.29, 0.717) is 54.8 Å². The Bertz CT molecular complexity index is 1660. The lowest BCUT2D eigenvalue weighted by Gasteiger charge is -2.68. The highest BCUT2D eigenvalue weighted by molar-refractivity contribution is 7.91. The summed E-state index contributed by atoms with van der Waals surface area (Å²) >= 11 is 0. The standard InChI is InChI=1S/C40H56F2N2O5S/c1-37(2)27(25-23-30(41)34(35(45)46)31(42)24-25)10-14-39(4)32(37)12-15-38(3)28-11-16-40(13-5-7-29(40)26(28)8-9-33(38)39)36(47)43-17-6-18-44-19-21-50(48,49)22-20-44/h10,23-24,26,28-29,32-33H,5-9,11-22H2,1-4H3,(H,43,47)(H,45,46). The van der Waals surface area contributed by atoms with Gasteiger partial charge in [0, 0.05) is 19.6 Å². The number of carboxylic acids is 1. The van der Waals surface area contributed by atoms with Gasteiger partial charge in [0.2, 0.25) is 5.91 Å². The van der Waals surface area contributed by atoms with Crippen LogP contribution >= 0.6 is 0 Å². The van der Waals surface area contributed by atoms with E-state index in [-0.39, 0.29) is 39.1 Å². The first kappa shape index (κ1) is 36.0. The Morgan fingerprint density at radius 1 is 0.900 bits per heavy atom. The molecule has 50 heavy (non-hydrogen) atoms. The van der Waals surface area contributed by atoms with Gasteiger partial charge in [-0.05, 0) is 140 Å². The number of amides is 1. The molecule has 6 aliphatic rings. The molecule has 8 unspecified atom stereocenters. The molecule has 5 fully saturated rings. The van der Waals surface area contributed by atoms with E-state index >= 15 is 0 Å². The van der Waals surface area contributed by atoms with Gasteiger partial charge in [-0.3, -0.25) is 4.79 Å². The molecule has 1 amide bonds. The van der Waals surface area contributed by atoms with Crippen LogP contribution in [0.4, 0.5) is 8.78 Å². The van der Waals surface area contributed by atoms with Crippen LogP contribution in [0.15, 0.2) is 18.2 Å². The number of carboxylic acid groups (broad SMARTS) is 1. The molecule has 5 aliphatic carbocycles. The number of halogens is 2. The summed E-state index contributed by atoms with van der Waals surface area (Å²) < 4.78 is 53.3. The Hall–Kier alpha value is -2.33. The minimum Gasteiger partial charge on any atom is -0.477 e. The second-order valence-electron chi connectivity index (χ2n) is 18.0. The molecule has 0 bridgehead atoms. The second kappa shape index (κ2) is 12.7. The zero-order chi connectivity index (χ0) is 35.9. The lowest BCUT2D eigenvalue weighted by atomic mass is 9.36. The number of hydrogen-bond donors (Lipinski definition) is 2. The molecule has 7 nitrogen and oxygen atoms in total. The summed E-state index contributed by atoms with van der Waals surface area (Å²) in [4.78, 5) is 27.7. The van der Waals surface area contributed by atoms with Crippen molar-refractivity contribution in [2.24, 2.45) is 51.2 Å². The number of carbonyl (C=O) groups excluding carboxylic acids is 1. The van der Waals surface area contributed by atoms with Crippen molar-refractivity contribution >= 4 is 27.3 Å². The summed E-state index contributed by atoms with van der Waals surface area (Å²) in [5, 5.41) is 12.7. The SMILES string of the molecule is CC1(C)C(c2cc(F)c(C(=O)O)c(F)c2)=CCC2(C)C1CCC1(C)C3CCC4(C(=O)NCCCN5CCS(=O)(=O)CC5)CCCC4C3CCC12. The van der Waals surface area contributed by atoms with Gasteiger partial charge in [-0.2, -0.15) is 0 Å². The zero-order valence-electron chi connectivity index (χ0n) is 30.3. The van der Waals surface area contributed by atoms with Crippen LogP contribution in [-0.2, 0) is 14.6 Å². The van der Waals surface area contributed by atoms with Crippen molar-refractivity contribution in [2.75, 3.05) is 37.7 Å². The van der Waals surface area contributed by atoms with E-state index < -0.39 is 33.0 Å². The third kappa shape index (κ3) is 5.68. The first-order valence-corrected chi connectivity index (χ1v) is 21.0. The number of nitrogens with zero attached hydrogens (tertiary/aromatic N) is 1. The minimum atomic E-state index is -2.89. The van der Waals surface area contributed by atoms with Gasteiger partial charge in [0.1, 0.15) is 17.2 Å². The van der Waals surface area contributed by atoms with Gasteiger partial charge < -0.3 is 15.3 Å². The molecule has 276 valence electrons. The highest BCUT2D eigenvalue weighted by atomic mass is 32.2. The number of nitrogens with one attached hydrogen (secondary N) is 1. The second-order valence-corrected chi connectivity index (χ2v) is 20.3. The lowest BCUT2D eigenvalue weighted by molar-refractivity contribution is -0.181. The number of carbonyl (C=O) groups is 2. The molecule has 1 heterocycles. The third-order valence-electron chi connectivity index (χ3n) is 15.5. The van der Waals surface area contributed by atoms with Gasteiger partial charge in [0.05, 0.1) is 16.9 Å². The fraction of sp³-hybridized carbons (Fsp3) is 0.750. The molecule has 2 N–H and O–H groups in total. The molecule has 1 aromatic rings. The summed E-state index contributed by atoms with van der Waals surface area (Å²) in [5.74, 6) is -0.550. The normalized spacial score (nSPS) is 38.9. The summed E-state index contributed by atoms with van der Waals surface area (Å²) in [6.07, 6.45) is 13.6. The van der Waals surface area contributed by atoms with Gasteiger partial charge in [0.25, 0.3) is 0 Å². The van der Waals surface area contributed by atoms with Crippen LogP contribution in [0.2, 0.25) is 0 Å². The number of fused-ring (bicyclic) bond motifs is 7. The minimum absolute atomic E-state index is 0.0309. The molecule has 10 heteroatoms. The van der Waals surface area contributed by atoms with Crippen LogP contribution in [0.3, 0.4) is 0 Å². The van der Waals surface area contributed by atoms with Crippen molar-refractivity contribution in [3.8, 4) is 0 Å². The van der Waals surface area contributed by atoms with Crippen molar-refractivity contribution in [3.63, 3.8) is 0 Å². The number of sulfone groups is 1. The van der Waals surface area contributed by atoms with Gasteiger partial charge in [-0.15, -0.1) is 0 Å². The van der Waals surface area contributed by atoms with E-state index in [1.54, 1.807) is 0 Å². The maximum absolute atomic E-state index is 14.9. The average Bonchev–Trinajstić information content (AvgIpc) is 3.49. The lowest BCUT2D eigenvalue weighted by Crippen LogP contribution is -2.62. The van der Waals surface area contributed by atoms with E-state index in [0.717, 1.165) is 82.7 Å². The summed E-state index contributed by atoms with van der Waals surface area (Å²) in [7, 11) is -2.89. The summed E-state index contributed by atoms with van der Waals surface area (Å²) in [5.41, 5.74) is 0.0484. The predicted octanol–water partition coefficient (Wildman–Crippen LogP) is 7.36. The fourth-order valence-electron chi connectivity index (χ4n) is 13.3. The number of allylic oxidation sites excluding steroid dienone is 2. The highest BCUT2D eigenvalue weighted by Crippen LogP contribution is 2.73. The van der Waals surface area contributed by atoms with E-state index in [2.05, 4.69) is 44.0 Å². The van der Waals surface area contributed by atoms with Crippen molar-refractivity contribution in [2.45, 2.75) is 98.3 Å². The van der Waals surface area contributed by atoms with Gasteiger partial charge in [-0.1, -0.05) is 40.2 Å². The topological polar surface area (TPSA) is 104 Å². The molecule has 0 spiro atoms. The van der Waals surface area contributed by atoms with Crippen LogP contribution in [0.25, 0.3) is 5.57 Å². The van der Waals surface area contributed by atoms with Crippen LogP contribution in [0.1, 0.15) is 114 Å². The molecular formula is C40H56F2N2O5S. The molecule has 1 aromatic carbocycles. The van der Waals surface area contributed by atoms with E-state index in [1.165, 1.54) is 12.1 Å². The first-order valence-electron chi connectivity index (χ1n) is 19.2. The Kier molecular flexibility index (Phi) is 9.13. The highest BCUT2D eigenvalue weighted by Gasteiger charge is 2.66. The zero-order valence-corrected chi connectivity index (χ0v) is 31.1. The third-order valence-corrected chi connectivity index (χ3v) is 17.1. The first-order chi connectivity index (χ1) is 23.5. The maximum atomic E-state index is 14.9. The van der Waals surface area contributed by atoms with Gasteiger partial charge >= 0.3 is 5.97 Å². The van der Waals surface area contributed by atoms with E-state index in [9.17, 15) is 31.9 Å². The van der Waals surface area contributed by atoms with E-state index in [4.69, 9.17) is 0 Å². The molecule has 4 saturated carbocycles. The van der Waals surface area contributed by atoms with Crippen molar-refractivity contribution in [1.29, 1.82) is 0 Å².